The fourth-order valence-electron chi connectivity index (χ4n) is 3.78. The highest BCUT2D eigenvalue weighted by Gasteiger charge is 2.61. The van der Waals surface area contributed by atoms with E-state index in [9.17, 15) is 0 Å². The van der Waals surface area contributed by atoms with Crippen molar-refractivity contribution in [3.8, 4) is 0 Å². The van der Waals surface area contributed by atoms with Crippen LogP contribution in [0.5, 0.6) is 0 Å². The van der Waals surface area contributed by atoms with Gasteiger partial charge < -0.3 is 18.9 Å². The molecule has 0 saturated carbocycles. The molecule has 4 atom stereocenters. The van der Waals surface area contributed by atoms with Crippen LogP contribution in [0.2, 0.25) is 0 Å². The Morgan fingerprint density at radius 2 is 1.68 bits per heavy atom. The molecule has 2 aromatic carbocycles. The van der Waals surface area contributed by atoms with Crippen molar-refractivity contribution in [3.63, 3.8) is 0 Å². The average Bonchev–Trinajstić information content (AvgIpc) is 2.90. The van der Waals surface area contributed by atoms with Crippen LogP contribution in [0.25, 0.3) is 0 Å². The van der Waals surface area contributed by atoms with Crippen LogP contribution in [0.3, 0.4) is 0 Å². The normalized spacial score (nSPS) is 31.2. The van der Waals surface area contributed by atoms with E-state index in [-0.39, 0.29) is 18.3 Å². The third kappa shape index (κ3) is 3.35. The number of ether oxygens (including phenoxy) is 4. The second-order valence-electron chi connectivity index (χ2n) is 6.69. The molecule has 2 aromatic rings. The summed E-state index contributed by atoms with van der Waals surface area (Å²) in [4.78, 5) is 0. The molecule has 0 aromatic heterocycles. The first-order valence-electron chi connectivity index (χ1n) is 8.85. The Morgan fingerprint density at radius 1 is 1.00 bits per heavy atom. The van der Waals surface area contributed by atoms with E-state index in [4.69, 9.17) is 18.9 Å². The maximum absolute atomic E-state index is 6.22. The Bertz CT molecular complexity index is 675. The van der Waals surface area contributed by atoms with E-state index >= 15 is 0 Å². The van der Waals surface area contributed by atoms with E-state index in [0.717, 1.165) is 12.0 Å². The lowest BCUT2D eigenvalue weighted by atomic mass is 9.88. The fraction of sp³-hybridized carbons (Fsp3) is 0.429. The Morgan fingerprint density at radius 3 is 2.36 bits per heavy atom. The van der Waals surface area contributed by atoms with Crippen LogP contribution in [-0.4, -0.2) is 37.8 Å². The largest absolute Gasteiger partial charge is 0.373 e. The number of hydrogen-bond donors (Lipinski definition) is 0. The molecule has 25 heavy (non-hydrogen) atoms. The number of rotatable bonds is 6. The molecule has 4 nitrogen and oxygen atoms in total. The monoisotopic (exact) mass is 340 g/mol. The molecule has 132 valence electrons. The zero-order valence-corrected chi connectivity index (χ0v) is 14.5. The van der Waals surface area contributed by atoms with Gasteiger partial charge in [0.1, 0.15) is 12.2 Å². The van der Waals surface area contributed by atoms with Crippen LogP contribution in [0.1, 0.15) is 17.5 Å². The Kier molecular flexibility index (Phi) is 4.86. The third-order valence-corrected chi connectivity index (χ3v) is 5.04. The lowest BCUT2D eigenvalue weighted by Gasteiger charge is -2.52. The average molecular weight is 340 g/mol. The first kappa shape index (κ1) is 16.7. The number of benzene rings is 2. The van der Waals surface area contributed by atoms with Gasteiger partial charge in [-0.3, -0.25) is 0 Å². The first-order valence-corrected chi connectivity index (χ1v) is 8.85. The molecule has 3 heterocycles. The van der Waals surface area contributed by atoms with Crippen LogP contribution >= 0.6 is 0 Å². The highest BCUT2D eigenvalue weighted by Crippen LogP contribution is 2.44. The maximum Gasteiger partial charge on any atom is 0.202 e. The molecule has 3 fully saturated rings. The maximum atomic E-state index is 6.22. The molecule has 4 heteroatoms. The zero-order chi connectivity index (χ0) is 17.1. The molecule has 0 spiro atoms. The summed E-state index contributed by atoms with van der Waals surface area (Å²) in [6.45, 7) is 1.19. The van der Waals surface area contributed by atoms with Crippen molar-refractivity contribution >= 4 is 0 Å². The quantitative estimate of drug-likeness (QED) is 0.808. The predicted octanol–water partition coefficient (Wildman–Crippen LogP) is 3.34. The van der Waals surface area contributed by atoms with Crippen molar-refractivity contribution in [2.45, 2.75) is 43.5 Å². The Hall–Kier alpha value is -1.72. The van der Waals surface area contributed by atoms with E-state index < -0.39 is 5.79 Å². The third-order valence-electron chi connectivity index (χ3n) is 5.04. The summed E-state index contributed by atoms with van der Waals surface area (Å²) in [7, 11) is 1.73. The van der Waals surface area contributed by atoms with Gasteiger partial charge in [-0.05, 0) is 17.5 Å². The Labute approximate surface area is 148 Å². The summed E-state index contributed by atoms with van der Waals surface area (Å²) in [5.41, 5.74) is 2.35. The molecular formula is C21H24O4. The summed E-state index contributed by atoms with van der Waals surface area (Å²) >= 11 is 0. The molecule has 2 bridgehead atoms. The SMILES string of the molecule is COC1C2OC1(Cc1ccccc1)OCCC2OCc1ccccc1. The van der Waals surface area contributed by atoms with Crippen LogP contribution in [0, 0.1) is 0 Å². The van der Waals surface area contributed by atoms with Gasteiger partial charge >= 0.3 is 0 Å². The van der Waals surface area contributed by atoms with E-state index in [2.05, 4.69) is 24.3 Å². The summed E-state index contributed by atoms with van der Waals surface area (Å²) in [6.07, 6.45) is 1.29. The van der Waals surface area contributed by atoms with Crippen molar-refractivity contribution in [1.82, 2.24) is 0 Å². The minimum atomic E-state index is -0.689. The van der Waals surface area contributed by atoms with Crippen molar-refractivity contribution in [2.75, 3.05) is 13.7 Å². The van der Waals surface area contributed by atoms with E-state index in [1.54, 1.807) is 7.11 Å². The lowest BCUT2D eigenvalue weighted by molar-refractivity contribution is -0.401. The molecular weight excluding hydrogens is 316 g/mol. The van der Waals surface area contributed by atoms with Gasteiger partial charge in [-0.25, -0.2) is 0 Å². The van der Waals surface area contributed by atoms with Crippen molar-refractivity contribution in [2.24, 2.45) is 0 Å². The van der Waals surface area contributed by atoms with Gasteiger partial charge in [0.2, 0.25) is 5.79 Å². The van der Waals surface area contributed by atoms with Gasteiger partial charge in [-0.2, -0.15) is 0 Å². The summed E-state index contributed by atoms with van der Waals surface area (Å²) in [5, 5.41) is 0. The molecule has 3 aliphatic heterocycles. The minimum Gasteiger partial charge on any atom is -0.373 e. The molecule has 3 saturated heterocycles. The second kappa shape index (κ2) is 7.26. The highest BCUT2D eigenvalue weighted by atomic mass is 16.8. The van der Waals surface area contributed by atoms with Gasteiger partial charge in [0.25, 0.3) is 0 Å². The van der Waals surface area contributed by atoms with Crippen LogP contribution in [0.15, 0.2) is 60.7 Å². The topological polar surface area (TPSA) is 36.9 Å². The lowest BCUT2D eigenvalue weighted by Crippen LogP contribution is -2.69. The van der Waals surface area contributed by atoms with Crippen molar-refractivity contribution < 1.29 is 18.9 Å². The molecule has 5 rings (SSSR count). The molecule has 0 N–H and O–H groups in total. The molecule has 0 aliphatic carbocycles. The summed E-state index contributed by atoms with van der Waals surface area (Å²) in [5.74, 6) is -0.689. The predicted molar refractivity (Wildman–Crippen MR) is 94.1 cm³/mol. The van der Waals surface area contributed by atoms with Crippen molar-refractivity contribution in [1.29, 1.82) is 0 Å². The molecule has 0 radical (unpaired) electrons. The van der Waals surface area contributed by atoms with E-state index in [1.165, 1.54) is 5.56 Å². The van der Waals surface area contributed by atoms with Gasteiger partial charge in [0.05, 0.1) is 19.3 Å². The van der Waals surface area contributed by atoms with Crippen molar-refractivity contribution in [3.05, 3.63) is 71.8 Å². The second-order valence-corrected chi connectivity index (χ2v) is 6.69. The highest BCUT2D eigenvalue weighted by molar-refractivity contribution is 5.19. The van der Waals surface area contributed by atoms with Gasteiger partial charge in [0, 0.05) is 13.5 Å². The van der Waals surface area contributed by atoms with Crippen LogP contribution < -0.4 is 0 Å². The Balaban J connectivity index is 1.44. The first-order chi connectivity index (χ1) is 12.3. The summed E-state index contributed by atoms with van der Waals surface area (Å²) in [6, 6.07) is 20.5. The summed E-state index contributed by atoms with van der Waals surface area (Å²) < 4.78 is 24.2. The zero-order valence-electron chi connectivity index (χ0n) is 14.5. The minimum absolute atomic E-state index is 0.0171. The standard InChI is InChI=1S/C21H24O4/c1-22-20-19-18(23-15-17-10-6-3-7-11-17)12-13-24-21(20,25-19)14-16-8-4-2-5-9-16/h2-11,18-20H,12-15H2,1H3. The smallest absolute Gasteiger partial charge is 0.202 e. The van der Waals surface area contributed by atoms with E-state index in [1.807, 2.05) is 36.4 Å². The molecule has 0 amide bonds. The van der Waals surface area contributed by atoms with Gasteiger partial charge in [0.15, 0.2) is 0 Å². The van der Waals surface area contributed by atoms with Crippen LogP contribution in [-0.2, 0) is 32.0 Å². The fourth-order valence-corrected chi connectivity index (χ4v) is 3.78. The number of methoxy groups -OCH3 is 1. The van der Waals surface area contributed by atoms with Gasteiger partial charge in [-0.15, -0.1) is 0 Å². The molecule has 4 unspecified atom stereocenters. The van der Waals surface area contributed by atoms with Gasteiger partial charge in [-0.1, -0.05) is 60.7 Å². The molecule has 3 aliphatic rings. The van der Waals surface area contributed by atoms with Crippen LogP contribution in [0.4, 0.5) is 0 Å². The number of hydrogen-bond acceptors (Lipinski definition) is 4. The number of fused-ring (bicyclic) bond motifs is 3. The van der Waals surface area contributed by atoms with E-state index in [0.29, 0.717) is 19.6 Å².